The van der Waals surface area contributed by atoms with E-state index in [0.29, 0.717) is 23.7 Å². The van der Waals surface area contributed by atoms with Gasteiger partial charge in [-0.1, -0.05) is 11.6 Å². The molecule has 17 heavy (non-hydrogen) atoms. The first-order valence-corrected chi connectivity index (χ1v) is 6.00. The molecule has 0 bridgehead atoms. The predicted octanol–water partition coefficient (Wildman–Crippen LogP) is 1.98. The van der Waals surface area contributed by atoms with E-state index in [-0.39, 0.29) is 18.1 Å². The number of ether oxygens (including phenoxy) is 1. The highest BCUT2D eigenvalue weighted by Crippen LogP contribution is 2.19. The van der Waals surface area contributed by atoms with E-state index in [0.717, 1.165) is 0 Å². The van der Waals surface area contributed by atoms with Crippen molar-refractivity contribution in [3.63, 3.8) is 0 Å². The molecule has 0 aliphatic carbocycles. The third-order valence-corrected chi connectivity index (χ3v) is 3.03. The molecule has 2 rings (SSSR count). The molecule has 1 aromatic heterocycles. The van der Waals surface area contributed by atoms with Crippen LogP contribution in [0.25, 0.3) is 0 Å². The molecule has 1 aliphatic heterocycles. The van der Waals surface area contributed by atoms with E-state index >= 15 is 0 Å². The molecule has 0 aromatic carbocycles. The monoisotopic (exact) mass is 254 g/mol. The van der Waals surface area contributed by atoms with E-state index < -0.39 is 0 Å². The second kappa shape index (κ2) is 5.02. The number of hydrogen-bond acceptors (Lipinski definition) is 3. The number of pyridine rings is 1. The fraction of sp³-hybridized carbons (Fsp3) is 0.500. The molecule has 2 heterocycles. The van der Waals surface area contributed by atoms with Crippen LogP contribution >= 0.6 is 11.6 Å². The number of hydrogen-bond donors (Lipinski definition) is 0. The van der Waals surface area contributed by atoms with Crippen LogP contribution in [0.5, 0.6) is 0 Å². The van der Waals surface area contributed by atoms with Crippen molar-refractivity contribution in [2.24, 2.45) is 0 Å². The molecule has 0 spiro atoms. The lowest BCUT2D eigenvalue weighted by molar-refractivity contribution is -0.0586. The van der Waals surface area contributed by atoms with Crippen LogP contribution in [0.3, 0.4) is 0 Å². The van der Waals surface area contributed by atoms with E-state index in [9.17, 15) is 4.79 Å². The molecule has 4 nitrogen and oxygen atoms in total. The topological polar surface area (TPSA) is 42.4 Å². The van der Waals surface area contributed by atoms with Crippen molar-refractivity contribution in [2.45, 2.75) is 26.1 Å². The van der Waals surface area contributed by atoms with E-state index in [1.54, 1.807) is 17.2 Å². The summed E-state index contributed by atoms with van der Waals surface area (Å²) in [4.78, 5) is 18.0. The molecular weight excluding hydrogens is 240 g/mol. The first-order chi connectivity index (χ1) is 8.08. The van der Waals surface area contributed by atoms with Crippen LogP contribution < -0.4 is 0 Å². The molecule has 2 atom stereocenters. The fourth-order valence-corrected chi connectivity index (χ4v) is 2.23. The molecule has 1 saturated heterocycles. The van der Waals surface area contributed by atoms with Gasteiger partial charge < -0.3 is 9.64 Å². The average molecular weight is 255 g/mol. The number of rotatable bonds is 1. The molecule has 5 heteroatoms. The number of amides is 1. The fourth-order valence-electron chi connectivity index (χ4n) is 2.05. The van der Waals surface area contributed by atoms with Crippen molar-refractivity contribution >= 4 is 17.5 Å². The van der Waals surface area contributed by atoms with Crippen molar-refractivity contribution in [2.75, 3.05) is 13.1 Å². The molecule has 0 saturated carbocycles. The van der Waals surface area contributed by atoms with Gasteiger partial charge in [0.15, 0.2) is 0 Å². The third kappa shape index (κ3) is 2.76. The molecule has 0 N–H and O–H groups in total. The Morgan fingerprint density at radius 1 is 1.47 bits per heavy atom. The third-order valence-electron chi connectivity index (χ3n) is 2.71. The summed E-state index contributed by atoms with van der Waals surface area (Å²) in [5, 5.41) is 0.441. The van der Waals surface area contributed by atoms with Gasteiger partial charge in [-0.05, 0) is 19.9 Å². The van der Waals surface area contributed by atoms with Gasteiger partial charge in [0.1, 0.15) is 0 Å². The van der Waals surface area contributed by atoms with Gasteiger partial charge in [0.05, 0.1) is 22.8 Å². The number of carbonyl (C=O) groups excluding carboxylic acids is 1. The molecule has 1 amide bonds. The zero-order valence-corrected chi connectivity index (χ0v) is 10.6. The highest BCUT2D eigenvalue weighted by atomic mass is 35.5. The van der Waals surface area contributed by atoms with E-state index in [1.165, 1.54) is 6.20 Å². The Balaban J connectivity index is 2.17. The van der Waals surface area contributed by atoms with Gasteiger partial charge in [-0.25, -0.2) is 0 Å². The van der Waals surface area contributed by atoms with Gasteiger partial charge in [0.25, 0.3) is 5.91 Å². The number of halogens is 1. The molecule has 0 radical (unpaired) electrons. The number of morpholine rings is 1. The molecule has 1 aromatic rings. The largest absolute Gasteiger partial charge is 0.372 e. The minimum absolute atomic E-state index is 0.0538. The predicted molar refractivity (Wildman–Crippen MR) is 65.2 cm³/mol. The van der Waals surface area contributed by atoms with E-state index in [4.69, 9.17) is 16.3 Å². The zero-order chi connectivity index (χ0) is 12.4. The molecular formula is C12H15ClN2O2. The summed E-state index contributed by atoms with van der Waals surface area (Å²) >= 11 is 5.99. The summed E-state index contributed by atoms with van der Waals surface area (Å²) in [7, 11) is 0. The summed E-state index contributed by atoms with van der Waals surface area (Å²) in [6.45, 7) is 5.10. The lowest BCUT2D eigenvalue weighted by Gasteiger charge is -2.35. The zero-order valence-electron chi connectivity index (χ0n) is 9.89. The number of aromatic nitrogens is 1. The maximum atomic E-state index is 12.3. The lowest BCUT2D eigenvalue weighted by atomic mass is 10.2. The lowest BCUT2D eigenvalue weighted by Crippen LogP contribution is -2.48. The van der Waals surface area contributed by atoms with Crippen LogP contribution in [-0.4, -0.2) is 41.1 Å². The Labute approximate surface area is 106 Å². The van der Waals surface area contributed by atoms with Crippen molar-refractivity contribution in [3.8, 4) is 0 Å². The SMILES string of the molecule is CC1CN(C(=O)c2cnccc2Cl)CC(C)O1. The smallest absolute Gasteiger partial charge is 0.257 e. The Kier molecular flexibility index (Phi) is 3.64. The van der Waals surface area contributed by atoms with Gasteiger partial charge >= 0.3 is 0 Å². The Bertz CT molecular complexity index is 415. The summed E-state index contributed by atoms with van der Waals surface area (Å²) < 4.78 is 5.59. The minimum atomic E-state index is -0.0786. The highest BCUT2D eigenvalue weighted by Gasteiger charge is 2.27. The average Bonchev–Trinajstić information content (AvgIpc) is 2.27. The molecule has 1 fully saturated rings. The first kappa shape index (κ1) is 12.3. The molecule has 92 valence electrons. The standard InChI is InChI=1S/C12H15ClN2O2/c1-8-6-15(7-9(2)17-8)12(16)10-5-14-4-3-11(10)13/h3-5,8-9H,6-7H2,1-2H3. The van der Waals surface area contributed by atoms with Crippen molar-refractivity contribution in [1.29, 1.82) is 0 Å². The Morgan fingerprint density at radius 3 is 2.71 bits per heavy atom. The van der Waals surface area contributed by atoms with Gasteiger partial charge in [-0.3, -0.25) is 9.78 Å². The van der Waals surface area contributed by atoms with Gasteiger partial charge in [-0.2, -0.15) is 0 Å². The van der Waals surface area contributed by atoms with E-state index in [1.807, 2.05) is 13.8 Å². The maximum Gasteiger partial charge on any atom is 0.257 e. The van der Waals surface area contributed by atoms with Crippen LogP contribution in [0.4, 0.5) is 0 Å². The summed E-state index contributed by atoms with van der Waals surface area (Å²) in [6, 6.07) is 1.63. The second-order valence-electron chi connectivity index (χ2n) is 4.32. The van der Waals surface area contributed by atoms with Crippen LogP contribution in [0.2, 0.25) is 5.02 Å². The summed E-state index contributed by atoms with van der Waals surface area (Å²) in [5.41, 5.74) is 0.454. The van der Waals surface area contributed by atoms with Crippen LogP contribution in [0, 0.1) is 0 Å². The van der Waals surface area contributed by atoms with Crippen LogP contribution in [0.1, 0.15) is 24.2 Å². The quantitative estimate of drug-likeness (QED) is 0.770. The normalized spacial score (nSPS) is 24.8. The van der Waals surface area contributed by atoms with Gasteiger partial charge in [-0.15, -0.1) is 0 Å². The second-order valence-corrected chi connectivity index (χ2v) is 4.73. The van der Waals surface area contributed by atoms with Crippen molar-refractivity contribution in [3.05, 3.63) is 29.0 Å². The first-order valence-electron chi connectivity index (χ1n) is 5.62. The minimum Gasteiger partial charge on any atom is -0.372 e. The summed E-state index contributed by atoms with van der Waals surface area (Å²) in [5.74, 6) is -0.0786. The summed E-state index contributed by atoms with van der Waals surface area (Å²) in [6.07, 6.45) is 3.19. The van der Waals surface area contributed by atoms with E-state index in [2.05, 4.69) is 4.98 Å². The molecule has 2 unspecified atom stereocenters. The van der Waals surface area contributed by atoms with Crippen molar-refractivity contribution in [1.82, 2.24) is 9.88 Å². The van der Waals surface area contributed by atoms with Crippen LogP contribution in [-0.2, 0) is 4.74 Å². The number of carbonyl (C=O) groups is 1. The molecule has 1 aliphatic rings. The Morgan fingerprint density at radius 2 is 2.12 bits per heavy atom. The number of nitrogens with zero attached hydrogens (tertiary/aromatic N) is 2. The van der Waals surface area contributed by atoms with Crippen LogP contribution in [0.15, 0.2) is 18.5 Å². The van der Waals surface area contributed by atoms with Gasteiger partial charge in [0, 0.05) is 25.5 Å². The van der Waals surface area contributed by atoms with Crippen molar-refractivity contribution < 1.29 is 9.53 Å². The maximum absolute atomic E-state index is 12.3. The Hall–Kier alpha value is -1.13. The van der Waals surface area contributed by atoms with Gasteiger partial charge in [0.2, 0.25) is 0 Å². The highest BCUT2D eigenvalue weighted by molar-refractivity contribution is 6.33.